The second kappa shape index (κ2) is 11.6. The van der Waals surface area contributed by atoms with Crippen LogP contribution in [0.4, 0.5) is 10.1 Å². The van der Waals surface area contributed by atoms with Gasteiger partial charge in [0, 0.05) is 48.4 Å². The molecule has 5 aromatic rings. The van der Waals surface area contributed by atoms with E-state index in [1.165, 1.54) is 4.90 Å². The smallest absolute Gasteiger partial charge is 0.254 e. The predicted octanol–water partition coefficient (Wildman–Crippen LogP) is 5.09. The highest BCUT2D eigenvalue weighted by Crippen LogP contribution is 2.38. The number of methoxy groups -OCH3 is 1. The van der Waals surface area contributed by atoms with E-state index in [1.54, 1.807) is 31.4 Å². The van der Waals surface area contributed by atoms with E-state index in [2.05, 4.69) is 21.4 Å². The molecule has 0 unspecified atom stereocenters. The van der Waals surface area contributed by atoms with E-state index in [9.17, 15) is 17.6 Å². The number of imidazole rings is 1. The van der Waals surface area contributed by atoms with Gasteiger partial charge in [-0.15, -0.1) is 0 Å². The predicted molar refractivity (Wildman–Crippen MR) is 183 cm³/mol. The lowest BCUT2D eigenvalue weighted by molar-refractivity contribution is 0.0606. The van der Waals surface area contributed by atoms with Gasteiger partial charge in [0.05, 0.1) is 35.8 Å². The molecule has 3 N–H and O–H groups in total. The maximum atomic E-state index is 14.3. The van der Waals surface area contributed by atoms with Gasteiger partial charge < -0.3 is 24.5 Å². The lowest BCUT2D eigenvalue weighted by Crippen LogP contribution is -2.50. The number of benzene rings is 2. The third-order valence-electron chi connectivity index (χ3n) is 9.64. The van der Waals surface area contributed by atoms with Crippen molar-refractivity contribution in [2.24, 2.45) is 18.7 Å². The number of nitrogens with two attached hydrogens (primary N) is 1. The lowest BCUT2D eigenvalue weighted by atomic mass is 10.0. The van der Waals surface area contributed by atoms with Crippen LogP contribution in [0.5, 0.6) is 5.75 Å². The van der Waals surface area contributed by atoms with Crippen LogP contribution in [0.15, 0.2) is 54.6 Å². The maximum absolute atomic E-state index is 14.3. The Morgan fingerprint density at radius 2 is 1.81 bits per heavy atom. The first-order valence-corrected chi connectivity index (χ1v) is 18.0. The van der Waals surface area contributed by atoms with Gasteiger partial charge in [-0.1, -0.05) is 12.1 Å². The summed E-state index contributed by atoms with van der Waals surface area (Å²) in [7, 11) is 0.160. The molecule has 11 nitrogen and oxygen atoms in total. The van der Waals surface area contributed by atoms with Crippen molar-refractivity contribution in [1.82, 2.24) is 24.0 Å². The molecule has 0 bridgehead atoms. The average molecular weight is 672 g/mol. The second-order valence-electron chi connectivity index (χ2n) is 13.5. The quantitative estimate of drug-likeness (QED) is 0.223. The Kier molecular flexibility index (Phi) is 7.44. The molecule has 0 spiro atoms. The normalized spacial score (nSPS) is 20.0. The zero-order chi connectivity index (χ0) is 33.3. The number of piperidine rings is 1. The molecule has 2 aliphatic carbocycles. The Morgan fingerprint density at radius 3 is 2.50 bits per heavy atom. The van der Waals surface area contributed by atoms with E-state index in [0.29, 0.717) is 53.6 Å². The molecule has 1 amide bonds. The van der Waals surface area contributed by atoms with Crippen LogP contribution < -0.4 is 15.2 Å². The number of nitrogens with zero attached hydrogens (tertiary/aromatic N) is 5. The molecule has 2 saturated carbocycles. The van der Waals surface area contributed by atoms with Gasteiger partial charge in [0.1, 0.15) is 23.1 Å². The molecular weight excluding hydrogens is 633 g/mol. The molecule has 48 heavy (non-hydrogen) atoms. The van der Waals surface area contributed by atoms with E-state index in [0.717, 1.165) is 52.9 Å². The topological polar surface area (TPSA) is 137 Å². The van der Waals surface area contributed by atoms with Crippen molar-refractivity contribution in [3.05, 3.63) is 60.2 Å². The number of amides is 1. The fraction of sp³-hybridized carbons (Fsp3) is 0.400. The molecule has 13 heteroatoms. The van der Waals surface area contributed by atoms with Crippen molar-refractivity contribution in [3.63, 3.8) is 0 Å². The summed E-state index contributed by atoms with van der Waals surface area (Å²) in [5, 5.41) is 0.682. The first-order chi connectivity index (χ1) is 23.1. The van der Waals surface area contributed by atoms with Crippen LogP contribution in [-0.4, -0.2) is 76.0 Å². The number of fused-ring (bicyclic) bond motifs is 2. The minimum atomic E-state index is -3.34. The Morgan fingerprint density at radius 1 is 1.04 bits per heavy atom. The summed E-state index contributed by atoms with van der Waals surface area (Å²) in [5.74, 6) is 1.47. The number of pyridine rings is 1. The third kappa shape index (κ3) is 5.68. The second-order valence-corrected chi connectivity index (χ2v) is 15.4. The number of rotatable bonds is 9. The first-order valence-electron chi connectivity index (χ1n) is 16.4. The largest absolute Gasteiger partial charge is 0.494 e. The summed E-state index contributed by atoms with van der Waals surface area (Å²) >= 11 is 0. The Labute approximate surface area is 277 Å². The number of hydrogen-bond acceptors (Lipinski definition) is 7. The minimum absolute atomic E-state index is 0.0139. The van der Waals surface area contributed by atoms with Gasteiger partial charge in [-0.25, -0.2) is 22.8 Å². The average Bonchev–Trinajstić information content (AvgIpc) is 4.00. The highest BCUT2D eigenvalue weighted by molar-refractivity contribution is 7.93. The molecule has 3 fully saturated rings. The van der Waals surface area contributed by atoms with E-state index in [1.807, 2.05) is 29.8 Å². The van der Waals surface area contributed by atoms with E-state index < -0.39 is 22.2 Å². The van der Waals surface area contributed by atoms with Gasteiger partial charge >= 0.3 is 0 Å². The van der Waals surface area contributed by atoms with Crippen LogP contribution in [0.2, 0.25) is 0 Å². The number of nitrogens with one attached hydrogen (secondary N) is 1. The molecule has 250 valence electrons. The molecule has 1 aliphatic heterocycles. The SMILES string of the molecule is COc1cc(C(=O)N2C[C@H](N)C[C@@H](F)C2)cc2nc(-c3cc4ccc(-c5ccc(NS(=O)(=O)C6CC6)cc5)nc4n3CC3CC3)n(C)c12. The summed E-state index contributed by atoms with van der Waals surface area (Å²) in [5.41, 5.74) is 11.7. The van der Waals surface area contributed by atoms with E-state index in [-0.39, 0.29) is 24.1 Å². The molecule has 1 saturated heterocycles. The summed E-state index contributed by atoms with van der Waals surface area (Å²) in [6.07, 6.45) is 2.81. The number of hydrogen-bond donors (Lipinski definition) is 2. The number of ether oxygens (including phenoxy) is 1. The minimum Gasteiger partial charge on any atom is -0.494 e. The van der Waals surface area contributed by atoms with Crippen molar-refractivity contribution < 1.29 is 22.3 Å². The summed E-state index contributed by atoms with van der Waals surface area (Å²) in [4.78, 5) is 25.1. The van der Waals surface area contributed by atoms with Gasteiger partial charge in [-0.3, -0.25) is 9.52 Å². The van der Waals surface area contributed by atoms with Crippen molar-refractivity contribution in [2.75, 3.05) is 24.9 Å². The van der Waals surface area contributed by atoms with Gasteiger partial charge in [-0.05, 0) is 80.5 Å². The monoisotopic (exact) mass is 671 g/mol. The van der Waals surface area contributed by atoms with Crippen LogP contribution in [0.25, 0.3) is 44.8 Å². The van der Waals surface area contributed by atoms with Gasteiger partial charge in [-0.2, -0.15) is 0 Å². The molecule has 0 radical (unpaired) electrons. The Balaban J connectivity index is 1.17. The number of anilines is 1. The third-order valence-corrected chi connectivity index (χ3v) is 11.5. The number of aryl methyl sites for hydroxylation is 1. The van der Waals surface area contributed by atoms with E-state index in [4.69, 9.17) is 20.4 Å². The zero-order valence-electron chi connectivity index (χ0n) is 26.9. The Hall–Kier alpha value is -4.49. The van der Waals surface area contributed by atoms with Crippen molar-refractivity contribution in [2.45, 2.75) is 56.1 Å². The number of aromatic nitrogens is 4. The number of alkyl halides is 1. The van der Waals surface area contributed by atoms with Crippen molar-refractivity contribution in [1.29, 1.82) is 0 Å². The molecule has 3 aliphatic rings. The number of likely N-dealkylation sites (tertiary alicyclic amines) is 1. The molecule has 4 heterocycles. The van der Waals surface area contributed by atoms with E-state index >= 15 is 0 Å². The summed E-state index contributed by atoms with van der Waals surface area (Å²) < 4.78 is 51.7. The fourth-order valence-corrected chi connectivity index (χ4v) is 8.18. The van der Waals surface area contributed by atoms with Crippen LogP contribution >= 0.6 is 0 Å². The number of sulfonamides is 1. The van der Waals surface area contributed by atoms with Crippen LogP contribution in [0, 0.1) is 5.92 Å². The number of halogens is 1. The molecular formula is C35H38FN7O4S. The first kappa shape index (κ1) is 30.8. The summed E-state index contributed by atoms with van der Waals surface area (Å²) in [6, 6.07) is 16.5. The number of carbonyl (C=O) groups is 1. The van der Waals surface area contributed by atoms with Gasteiger partial charge in [0.2, 0.25) is 10.0 Å². The van der Waals surface area contributed by atoms with Gasteiger partial charge in [0.15, 0.2) is 5.82 Å². The molecule has 8 rings (SSSR count). The maximum Gasteiger partial charge on any atom is 0.254 e. The fourth-order valence-electron chi connectivity index (χ4n) is 6.79. The van der Waals surface area contributed by atoms with Crippen LogP contribution in [0.1, 0.15) is 42.5 Å². The van der Waals surface area contributed by atoms with Gasteiger partial charge in [0.25, 0.3) is 5.91 Å². The Bertz CT molecular complexity index is 2160. The highest BCUT2D eigenvalue weighted by atomic mass is 32.2. The van der Waals surface area contributed by atoms with Crippen LogP contribution in [0.3, 0.4) is 0 Å². The summed E-state index contributed by atoms with van der Waals surface area (Å²) in [6.45, 7) is 1.10. The van der Waals surface area contributed by atoms with Crippen molar-refractivity contribution >= 4 is 43.7 Å². The molecule has 2 atom stereocenters. The van der Waals surface area contributed by atoms with Crippen LogP contribution in [-0.2, 0) is 23.6 Å². The highest BCUT2D eigenvalue weighted by Gasteiger charge is 2.36. The van der Waals surface area contributed by atoms with Crippen molar-refractivity contribution in [3.8, 4) is 28.5 Å². The standard InChI is InChI=1S/C35H38FN7O4S/c1-41-32-29(13-23(15-31(32)47-2)35(44)42-18-24(36)16-25(37)19-42)39-34(41)30-14-22-7-12-28(38-33(22)43(30)17-20-3-4-20)21-5-8-26(9-6-21)40-48(45,46)27-10-11-27/h5-9,12-15,20,24-25,27,40H,3-4,10-11,16-19,37H2,1-2H3/t24-,25-/m1/s1. The molecule has 2 aromatic carbocycles. The lowest BCUT2D eigenvalue weighted by Gasteiger charge is -2.33. The zero-order valence-corrected chi connectivity index (χ0v) is 27.7. The number of carbonyl (C=O) groups excluding carboxylic acids is 1. The molecule has 3 aromatic heterocycles.